The van der Waals surface area contributed by atoms with Crippen LogP contribution in [0.5, 0.6) is 0 Å². The summed E-state index contributed by atoms with van der Waals surface area (Å²) in [6, 6.07) is 0. The van der Waals surface area contributed by atoms with Gasteiger partial charge in [-0.05, 0) is 45.1 Å². The molecular weight excluding hydrogens is 200 g/mol. The molecule has 1 unspecified atom stereocenters. The lowest BCUT2D eigenvalue weighted by atomic mass is 9.85. The van der Waals surface area contributed by atoms with Crippen molar-refractivity contribution in [2.45, 2.75) is 33.1 Å². The Hall–Kier alpha value is -1.31. The van der Waals surface area contributed by atoms with Crippen molar-refractivity contribution in [2.75, 3.05) is 7.11 Å². The van der Waals surface area contributed by atoms with Crippen LogP contribution in [-0.4, -0.2) is 13.1 Å². The molecule has 1 aliphatic carbocycles. The largest absolute Gasteiger partial charge is 0.466 e. The smallest absolute Gasteiger partial charge is 0.333 e. The number of hydrogen-bond donors (Lipinski definition) is 0. The van der Waals surface area contributed by atoms with Crippen molar-refractivity contribution in [1.82, 2.24) is 0 Å². The van der Waals surface area contributed by atoms with Gasteiger partial charge >= 0.3 is 5.97 Å². The second kappa shape index (κ2) is 5.69. The van der Waals surface area contributed by atoms with E-state index in [1.165, 1.54) is 18.3 Å². The summed E-state index contributed by atoms with van der Waals surface area (Å²) in [4.78, 5) is 11.2. The lowest BCUT2D eigenvalue weighted by Crippen LogP contribution is -2.07. The van der Waals surface area contributed by atoms with E-state index in [0.29, 0.717) is 11.5 Å². The Labute approximate surface area is 97.7 Å². The second-order valence-corrected chi connectivity index (χ2v) is 4.42. The van der Waals surface area contributed by atoms with E-state index in [1.54, 1.807) is 6.92 Å². The SMILES string of the molecule is C=C(C)C1CC=C(/C=C(\C)C(=O)OC)CC1. The van der Waals surface area contributed by atoms with Gasteiger partial charge < -0.3 is 4.74 Å². The predicted molar refractivity (Wildman–Crippen MR) is 66.0 cm³/mol. The highest BCUT2D eigenvalue weighted by atomic mass is 16.5. The highest BCUT2D eigenvalue weighted by molar-refractivity contribution is 5.88. The van der Waals surface area contributed by atoms with Crippen molar-refractivity contribution in [1.29, 1.82) is 0 Å². The molecule has 1 aliphatic rings. The first-order chi connectivity index (χ1) is 7.54. The van der Waals surface area contributed by atoms with Crippen LogP contribution in [-0.2, 0) is 9.53 Å². The molecule has 0 saturated heterocycles. The molecule has 0 radical (unpaired) electrons. The van der Waals surface area contributed by atoms with Gasteiger partial charge in [-0.3, -0.25) is 0 Å². The molecule has 2 nitrogen and oxygen atoms in total. The Morgan fingerprint density at radius 2 is 2.25 bits per heavy atom. The zero-order chi connectivity index (χ0) is 12.1. The third-order valence-electron chi connectivity index (χ3n) is 3.05. The quantitative estimate of drug-likeness (QED) is 0.414. The zero-order valence-electron chi connectivity index (χ0n) is 10.4. The second-order valence-electron chi connectivity index (χ2n) is 4.42. The Morgan fingerprint density at radius 1 is 1.56 bits per heavy atom. The maximum atomic E-state index is 11.2. The van der Waals surface area contributed by atoms with Gasteiger partial charge in [0.1, 0.15) is 0 Å². The molecule has 0 fully saturated rings. The molecule has 0 aliphatic heterocycles. The molecule has 1 rings (SSSR count). The highest BCUT2D eigenvalue weighted by Crippen LogP contribution is 2.29. The minimum absolute atomic E-state index is 0.247. The zero-order valence-corrected chi connectivity index (χ0v) is 10.4. The van der Waals surface area contributed by atoms with E-state index in [0.717, 1.165) is 19.3 Å². The number of esters is 1. The van der Waals surface area contributed by atoms with Crippen molar-refractivity contribution in [3.05, 3.63) is 35.5 Å². The van der Waals surface area contributed by atoms with E-state index >= 15 is 0 Å². The minimum atomic E-state index is -0.247. The number of methoxy groups -OCH3 is 1. The Kier molecular flexibility index (Phi) is 4.53. The fraction of sp³-hybridized carbons (Fsp3) is 0.500. The number of rotatable bonds is 3. The minimum Gasteiger partial charge on any atom is -0.466 e. The summed E-state index contributed by atoms with van der Waals surface area (Å²) in [6.45, 7) is 7.86. The topological polar surface area (TPSA) is 26.3 Å². The van der Waals surface area contributed by atoms with Gasteiger partial charge in [-0.1, -0.05) is 23.8 Å². The first-order valence-corrected chi connectivity index (χ1v) is 5.65. The summed E-state index contributed by atoms with van der Waals surface area (Å²) >= 11 is 0. The molecule has 88 valence electrons. The first-order valence-electron chi connectivity index (χ1n) is 5.65. The highest BCUT2D eigenvalue weighted by Gasteiger charge is 2.14. The molecule has 0 N–H and O–H groups in total. The van der Waals surface area contributed by atoms with Crippen molar-refractivity contribution in [3.8, 4) is 0 Å². The van der Waals surface area contributed by atoms with E-state index in [4.69, 9.17) is 0 Å². The number of hydrogen-bond acceptors (Lipinski definition) is 2. The standard InChI is InChI=1S/C14H20O2/c1-10(2)13-7-5-12(6-8-13)9-11(3)14(15)16-4/h5,9,13H,1,6-8H2,2-4H3/b11-9+. The van der Waals surface area contributed by atoms with Gasteiger partial charge in [-0.2, -0.15) is 0 Å². The van der Waals surface area contributed by atoms with Gasteiger partial charge in [0.05, 0.1) is 7.11 Å². The molecular formula is C14H20O2. The molecule has 0 spiro atoms. The summed E-state index contributed by atoms with van der Waals surface area (Å²) in [5.74, 6) is 0.360. The number of carbonyl (C=O) groups is 1. The molecule has 1 atom stereocenters. The third-order valence-corrected chi connectivity index (χ3v) is 3.05. The fourth-order valence-corrected chi connectivity index (χ4v) is 1.93. The van der Waals surface area contributed by atoms with Gasteiger partial charge in [0.2, 0.25) is 0 Å². The monoisotopic (exact) mass is 220 g/mol. The lowest BCUT2D eigenvalue weighted by Gasteiger charge is -2.20. The Balaban J connectivity index is 2.65. The normalized spacial score (nSPS) is 21.3. The van der Waals surface area contributed by atoms with E-state index in [1.807, 2.05) is 6.08 Å². The molecule has 0 aromatic rings. The van der Waals surface area contributed by atoms with Crippen LogP contribution in [0.2, 0.25) is 0 Å². The molecule has 0 heterocycles. The van der Waals surface area contributed by atoms with Crippen molar-refractivity contribution >= 4 is 5.97 Å². The van der Waals surface area contributed by atoms with E-state index in [-0.39, 0.29) is 5.97 Å². The van der Waals surface area contributed by atoms with Crippen LogP contribution in [0.15, 0.2) is 35.5 Å². The van der Waals surface area contributed by atoms with Crippen LogP contribution in [0.4, 0.5) is 0 Å². The van der Waals surface area contributed by atoms with Gasteiger partial charge in [-0.25, -0.2) is 4.79 Å². The van der Waals surface area contributed by atoms with Gasteiger partial charge in [0, 0.05) is 5.57 Å². The Morgan fingerprint density at radius 3 is 2.69 bits per heavy atom. The fourth-order valence-electron chi connectivity index (χ4n) is 1.93. The molecule has 0 amide bonds. The van der Waals surface area contributed by atoms with E-state index in [9.17, 15) is 4.79 Å². The van der Waals surface area contributed by atoms with Gasteiger partial charge in [-0.15, -0.1) is 0 Å². The van der Waals surface area contributed by atoms with Crippen LogP contribution in [0, 0.1) is 5.92 Å². The number of carbonyl (C=O) groups excluding carboxylic acids is 1. The molecule has 16 heavy (non-hydrogen) atoms. The van der Waals surface area contributed by atoms with Crippen LogP contribution < -0.4 is 0 Å². The van der Waals surface area contributed by atoms with Crippen molar-refractivity contribution in [3.63, 3.8) is 0 Å². The average molecular weight is 220 g/mol. The molecule has 0 saturated carbocycles. The molecule has 0 aromatic heterocycles. The number of allylic oxidation sites excluding steroid dienone is 4. The molecule has 2 heteroatoms. The van der Waals surface area contributed by atoms with Gasteiger partial charge in [0.15, 0.2) is 0 Å². The molecule has 0 bridgehead atoms. The van der Waals surface area contributed by atoms with Crippen molar-refractivity contribution in [2.24, 2.45) is 5.92 Å². The summed E-state index contributed by atoms with van der Waals surface area (Å²) in [5, 5.41) is 0. The van der Waals surface area contributed by atoms with E-state index < -0.39 is 0 Å². The average Bonchev–Trinajstić information content (AvgIpc) is 2.28. The van der Waals surface area contributed by atoms with Crippen molar-refractivity contribution < 1.29 is 9.53 Å². The number of ether oxygens (including phenoxy) is 1. The maximum Gasteiger partial charge on any atom is 0.333 e. The van der Waals surface area contributed by atoms with Crippen LogP contribution in [0.3, 0.4) is 0 Å². The summed E-state index contributed by atoms with van der Waals surface area (Å²) in [6.07, 6.45) is 7.32. The lowest BCUT2D eigenvalue weighted by molar-refractivity contribution is -0.136. The first kappa shape index (κ1) is 12.8. The van der Waals surface area contributed by atoms with Crippen LogP contribution in [0.1, 0.15) is 33.1 Å². The van der Waals surface area contributed by atoms with Crippen LogP contribution >= 0.6 is 0 Å². The van der Waals surface area contributed by atoms with E-state index in [2.05, 4.69) is 24.3 Å². The predicted octanol–water partition coefficient (Wildman–Crippen LogP) is 3.41. The summed E-state index contributed by atoms with van der Waals surface area (Å²) in [5.41, 5.74) is 3.16. The van der Waals surface area contributed by atoms with Gasteiger partial charge in [0.25, 0.3) is 0 Å². The van der Waals surface area contributed by atoms with Crippen LogP contribution in [0.25, 0.3) is 0 Å². The Bertz CT molecular complexity index is 348. The summed E-state index contributed by atoms with van der Waals surface area (Å²) < 4.78 is 4.66. The molecule has 0 aromatic carbocycles. The maximum absolute atomic E-state index is 11.2. The summed E-state index contributed by atoms with van der Waals surface area (Å²) in [7, 11) is 1.41. The third kappa shape index (κ3) is 3.37.